The third kappa shape index (κ3) is 2.73. The van der Waals surface area contributed by atoms with Crippen molar-refractivity contribution in [1.29, 1.82) is 0 Å². The molecule has 0 radical (unpaired) electrons. The van der Waals surface area contributed by atoms with Crippen LogP contribution in [0.2, 0.25) is 0 Å². The second kappa shape index (κ2) is 5.39. The van der Waals surface area contributed by atoms with Crippen LogP contribution in [0.1, 0.15) is 79.6 Å². The standard InChI is InChI=1S/C18H35N/c1-6-11-17(4)13(2)7-9-15-10-8-14(3)18(5,19)12-16(15)17/h13-16H,6-12,19H2,1-5H3. The molecule has 0 aromatic heterocycles. The molecule has 0 amide bonds. The van der Waals surface area contributed by atoms with Crippen LogP contribution in [0.25, 0.3) is 0 Å². The van der Waals surface area contributed by atoms with Gasteiger partial charge >= 0.3 is 0 Å². The van der Waals surface area contributed by atoms with Crippen molar-refractivity contribution < 1.29 is 0 Å². The molecule has 0 spiro atoms. The van der Waals surface area contributed by atoms with Gasteiger partial charge in [0.1, 0.15) is 0 Å². The molecule has 0 saturated heterocycles. The minimum Gasteiger partial charge on any atom is -0.325 e. The lowest BCUT2D eigenvalue weighted by atomic mass is 9.54. The van der Waals surface area contributed by atoms with Crippen LogP contribution in [-0.4, -0.2) is 5.54 Å². The van der Waals surface area contributed by atoms with Crippen molar-refractivity contribution in [2.45, 2.75) is 85.1 Å². The van der Waals surface area contributed by atoms with Crippen molar-refractivity contribution in [3.8, 4) is 0 Å². The Hall–Kier alpha value is -0.0400. The number of hydrogen-bond acceptors (Lipinski definition) is 1. The predicted molar refractivity (Wildman–Crippen MR) is 84.0 cm³/mol. The van der Waals surface area contributed by atoms with Gasteiger partial charge in [-0.2, -0.15) is 0 Å². The van der Waals surface area contributed by atoms with Crippen LogP contribution in [0.3, 0.4) is 0 Å². The average molecular weight is 265 g/mol. The minimum atomic E-state index is 0.0471. The van der Waals surface area contributed by atoms with Crippen molar-refractivity contribution in [2.24, 2.45) is 34.8 Å². The second-order valence-electron chi connectivity index (χ2n) is 8.29. The molecular formula is C18H35N. The molecule has 6 atom stereocenters. The summed E-state index contributed by atoms with van der Waals surface area (Å²) < 4.78 is 0. The summed E-state index contributed by atoms with van der Waals surface area (Å²) in [5, 5.41) is 0. The van der Waals surface area contributed by atoms with Crippen LogP contribution in [0.4, 0.5) is 0 Å². The summed E-state index contributed by atoms with van der Waals surface area (Å²) in [6, 6.07) is 0. The van der Waals surface area contributed by atoms with Crippen LogP contribution >= 0.6 is 0 Å². The van der Waals surface area contributed by atoms with Gasteiger partial charge in [-0.15, -0.1) is 0 Å². The summed E-state index contributed by atoms with van der Waals surface area (Å²) in [5.74, 6) is 3.36. The van der Waals surface area contributed by atoms with Gasteiger partial charge < -0.3 is 5.73 Å². The number of rotatable bonds is 2. The highest BCUT2D eigenvalue weighted by atomic mass is 14.8. The molecule has 0 aliphatic heterocycles. The Labute approximate surface area is 120 Å². The van der Waals surface area contributed by atoms with E-state index >= 15 is 0 Å². The molecule has 2 saturated carbocycles. The van der Waals surface area contributed by atoms with Gasteiger partial charge in [-0.05, 0) is 74.5 Å². The van der Waals surface area contributed by atoms with Crippen LogP contribution in [0, 0.1) is 29.1 Å². The molecule has 1 heteroatoms. The Kier molecular flexibility index (Phi) is 4.35. The van der Waals surface area contributed by atoms with E-state index in [9.17, 15) is 0 Å². The Morgan fingerprint density at radius 2 is 1.58 bits per heavy atom. The number of fused-ring (bicyclic) bond motifs is 1. The monoisotopic (exact) mass is 265 g/mol. The first kappa shape index (κ1) is 15.4. The van der Waals surface area contributed by atoms with E-state index in [4.69, 9.17) is 5.73 Å². The van der Waals surface area contributed by atoms with E-state index in [-0.39, 0.29) is 5.54 Å². The summed E-state index contributed by atoms with van der Waals surface area (Å²) in [5.41, 5.74) is 7.27. The van der Waals surface area contributed by atoms with Gasteiger partial charge in [-0.1, -0.05) is 34.1 Å². The highest BCUT2D eigenvalue weighted by Gasteiger charge is 2.49. The van der Waals surface area contributed by atoms with E-state index in [1.165, 1.54) is 44.9 Å². The fourth-order valence-electron chi connectivity index (χ4n) is 5.08. The maximum Gasteiger partial charge on any atom is 0.0154 e. The van der Waals surface area contributed by atoms with Crippen LogP contribution < -0.4 is 5.73 Å². The highest BCUT2D eigenvalue weighted by molar-refractivity contribution is 5.01. The van der Waals surface area contributed by atoms with E-state index in [1.807, 2.05) is 0 Å². The molecule has 1 nitrogen and oxygen atoms in total. The summed E-state index contributed by atoms with van der Waals surface area (Å²) in [6.07, 6.45) is 9.61. The number of nitrogens with two attached hydrogens (primary N) is 1. The van der Waals surface area contributed by atoms with Crippen molar-refractivity contribution in [3.05, 3.63) is 0 Å². The maximum absolute atomic E-state index is 6.69. The first-order valence-corrected chi connectivity index (χ1v) is 8.60. The molecule has 6 unspecified atom stereocenters. The first-order chi connectivity index (χ1) is 8.81. The fourth-order valence-corrected chi connectivity index (χ4v) is 5.08. The summed E-state index contributed by atoms with van der Waals surface area (Å²) >= 11 is 0. The van der Waals surface area contributed by atoms with Gasteiger partial charge in [0, 0.05) is 5.54 Å². The third-order valence-electron chi connectivity index (χ3n) is 7.06. The van der Waals surface area contributed by atoms with Gasteiger partial charge in [-0.3, -0.25) is 0 Å². The molecule has 0 bridgehead atoms. The van der Waals surface area contributed by atoms with Gasteiger partial charge in [0.25, 0.3) is 0 Å². The van der Waals surface area contributed by atoms with Gasteiger partial charge in [0.15, 0.2) is 0 Å². The molecule has 0 aromatic carbocycles. The van der Waals surface area contributed by atoms with E-state index < -0.39 is 0 Å². The van der Waals surface area contributed by atoms with Gasteiger partial charge in [-0.25, -0.2) is 0 Å². The van der Waals surface area contributed by atoms with Gasteiger partial charge in [0.05, 0.1) is 0 Å². The fraction of sp³-hybridized carbons (Fsp3) is 1.00. The smallest absolute Gasteiger partial charge is 0.0154 e. The lowest BCUT2D eigenvalue weighted by Gasteiger charge is -2.52. The van der Waals surface area contributed by atoms with E-state index in [0.717, 1.165) is 17.8 Å². The van der Waals surface area contributed by atoms with Crippen molar-refractivity contribution >= 4 is 0 Å². The van der Waals surface area contributed by atoms with Crippen molar-refractivity contribution in [1.82, 2.24) is 0 Å². The van der Waals surface area contributed by atoms with E-state index in [0.29, 0.717) is 11.3 Å². The zero-order chi connectivity index (χ0) is 14.3. The van der Waals surface area contributed by atoms with Crippen LogP contribution in [-0.2, 0) is 0 Å². The van der Waals surface area contributed by atoms with Crippen molar-refractivity contribution in [2.75, 3.05) is 0 Å². The van der Waals surface area contributed by atoms with Crippen LogP contribution in [0.15, 0.2) is 0 Å². The van der Waals surface area contributed by atoms with E-state index in [2.05, 4.69) is 34.6 Å². The lowest BCUT2D eigenvalue weighted by molar-refractivity contribution is -0.0157. The minimum absolute atomic E-state index is 0.0471. The van der Waals surface area contributed by atoms with Gasteiger partial charge in [0.2, 0.25) is 0 Å². The molecular weight excluding hydrogens is 230 g/mol. The largest absolute Gasteiger partial charge is 0.325 e. The Balaban J connectivity index is 2.29. The Morgan fingerprint density at radius 3 is 2.16 bits per heavy atom. The molecule has 112 valence electrons. The summed E-state index contributed by atoms with van der Waals surface area (Å²) in [4.78, 5) is 0. The molecule has 19 heavy (non-hydrogen) atoms. The molecule has 0 aromatic rings. The normalized spacial score (nSPS) is 51.5. The lowest BCUT2D eigenvalue weighted by Crippen LogP contribution is -2.49. The van der Waals surface area contributed by atoms with E-state index in [1.54, 1.807) is 0 Å². The molecule has 2 aliphatic carbocycles. The quantitative estimate of drug-likeness (QED) is 0.747. The highest BCUT2D eigenvalue weighted by Crippen LogP contribution is 2.56. The first-order valence-electron chi connectivity index (χ1n) is 8.60. The van der Waals surface area contributed by atoms with Crippen molar-refractivity contribution in [3.63, 3.8) is 0 Å². The topological polar surface area (TPSA) is 26.0 Å². The third-order valence-corrected chi connectivity index (χ3v) is 7.06. The average Bonchev–Trinajstić information content (AvgIpc) is 2.45. The van der Waals surface area contributed by atoms with Crippen LogP contribution in [0.5, 0.6) is 0 Å². The summed E-state index contributed by atoms with van der Waals surface area (Å²) in [7, 11) is 0. The zero-order valence-electron chi connectivity index (χ0n) is 13.8. The SMILES string of the molecule is CCCC1(C)C(C)CCC2CCC(C)C(C)(N)CC21. The zero-order valence-corrected chi connectivity index (χ0v) is 13.8. The molecule has 2 aliphatic rings. The molecule has 2 rings (SSSR count). The Morgan fingerprint density at radius 1 is 1.00 bits per heavy atom. The molecule has 2 N–H and O–H groups in total. The molecule has 0 heterocycles. The Bertz CT molecular complexity index is 309. The predicted octanol–water partition coefficient (Wildman–Crippen LogP) is 4.99. The summed E-state index contributed by atoms with van der Waals surface area (Å²) in [6.45, 7) is 12.1. The second-order valence-corrected chi connectivity index (χ2v) is 8.29. The molecule has 2 fully saturated rings. The number of hydrogen-bond donors (Lipinski definition) is 1. The maximum atomic E-state index is 6.69.